The van der Waals surface area contributed by atoms with E-state index in [0.717, 1.165) is 5.56 Å². The second-order valence-corrected chi connectivity index (χ2v) is 8.78. The average molecular weight is 425 g/mol. The van der Waals surface area contributed by atoms with Crippen molar-refractivity contribution in [2.24, 2.45) is 5.41 Å². The van der Waals surface area contributed by atoms with Crippen LogP contribution < -0.4 is 4.74 Å². The minimum absolute atomic E-state index is 0.293. The molecule has 10 heteroatoms. The van der Waals surface area contributed by atoms with Crippen molar-refractivity contribution in [1.82, 2.24) is 34.4 Å². The second kappa shape index (κ2) is 7.75. The molecule has 1 aliphatic rings. The minimum Gasteiger partial charge on any atom is -0.470 e. The zero-order valence-corrected chi connectivity index (χ0v) is 18.4. The van der Waals surface area contributed by atoms with Crippen molar-refractivity contribution in [1.29, 1.82) is 0 Å². The number of carboxylic acid groups (broad SMARTS) is 1. The zero-order chi connectivity index (χ0) is 22.3. The number of fused-ring (bicyclic) bond motifs is 1. The van der Waals surface area contributed by atoms with Gasteiger partial charge in [-0.05, 0) is 19.3 Å². The van der Waals surface area contributed by atoms with Gasteiger partial charge in [-0.3, -0.25) is 0 Å². The van der Waals surface area contributed by atoms with Gasteiger partial charge in [0.2, 0.25) is 5.88 Å². The van der Waals surface area contributed by atoms with Crippen LogP contribution in [0.2, 0.25) is 0 Å². The van der Waals surface area contributed by atoms with Gasteiger partial charge in [-0.2, -0.15) is 4.98 Å². The molecular formula is C21H27N7O3. The fraction of sp³-hybridized carbons (Fsp3) is 0.524. The van der Waals surface area contributed by atoms with Crippen LogP contribution in [0.25, 0.3) is 22.6 Å². The highest BCUT2D eigenvalue weighted by Gasteiger charge is 2.45. The number of nitrogens with zero attached hydrogens (tertiary/aromatic N) is 7. The van der Waals surface area contributed by atoms with Gasteiger partial charge in [0.25, 0.3) is 0 Å². The van der Waals surface area contributed by atoms with E-state index in [-0.39, 0.29) is 17.6 Å². The van der Waals surface area contributed by atoms with Crippen LogP contribution in [0.15, 0.2) is 18.7 Å². The Labute approximate surface area is 180 Å². The monoisotopic (exact) mass is 425 g/mol. The van der Waals surface area contributed by atoms with E-state index >= 15 is 0 Å². The first-order valence-corrected chi connectivity index (χ1v) is 10.4. The smallest absolute Gasteiger partial charge is 0.407 e. The topological polar surface area (TPSA) is 119 Å². The number of ether oxygens (including phenoxy) is 1. The lowest BCUT2D eigenvalue weighted by Crippen LogP contribution is -2.48. The number of hydrogen-bond donors (Lipinski definition) is 1. The summed E-state index contributed by atoms with van der Waals surface area (Å²) in [6, 6.07) is -0.298. The van der Waals surface area contributed by atoms with E-state index in [2.05, 4.69) is 19.9 Å². The molecule has 0 saturated carbocycles. The maximum Gasteiger partial charge on any atom is 0.407 e. The number of aromatic nitrogens is 6. The van der Waals surface area contributed by atoms with Crippen LogP contribution in [0, 0.1) is 12.3 Å². The SMILES string of the molecule is CCn1c(-c2cnc(C)nc2)nc2c(OC3CCN(C(=O)O)C3C(C)(C)C)ncnc21. The summed E-state index contributed by atoms with van der Waals surface area (Å²) in [7, 11) is 0. The fourth-order valence-electron chi connectivity index (χ4n) is 4.30. The Hall–Kier alpha value is -3.30. The number of imidazole rings is 1. The van der Waals surface area contributed by atoms with Crippen molar-refractivity contribution in [2.75, 3.05) is 6.54 Å². The molecule has 2 atom stereocenters. The second-order valence-electron chi connectivity index (χ2n) is 8.78. The van der Waals surface area contributed by atoms with E-state index in [1.165, 1.54) is 11.2 Å². The highest BCUT2D eigenvalue weighted by Crippen LogP contribution is 2.36. The quantitative estimate of drug-likeness (QED) is 0.677. The van der Waals surface area contributed by atoms with Crippen LogP contribution in [0.4, 0.5) is 4.79 Å². The van der Waals surface area contributed by atoms with Crippen molar-refractivity contribution in [3.05, 3.63) is 24.5 Å². The molecule has 31 heavy (non-hydrogen) atoms. The Morgan fingerprint density at radius 3 is 2.55 bits per heavy atom. The molecule has 0 aliphatic carbocycles. The lowest BCUT2D eigenvalue weighted by molar-refractivity contribution is 0.0558. The molecule has 164 valence electrons. The molecule has 10 nitrogen and oxygen atoms in total. The Balaban J connectivity index is 1.75. The Bertz CT molecular complexity index is 1100. The van der Waals surface area contributed by atoms with Crippen LogP contribution >= 0.6 is 0 Å². The highest BCUT2D eigenvalue weighted by molar-refractivity contribution is 5.81. The van der Waals surface area contributed by atoms with Crippen LogP contribution in [-0.4, -0.2) is 64.3 Å². The van der Waals surface area contributed by atoms with Gasteiger partial charge in [0.05, 0.1) is 11.6 Å². The number of likely N-dealkylation sites (tertiary alicyclic amines) is 1. The third kappa shape index (κ3) is 3.77. The largest absolute Gasteiger partial charge is 0.470 e. The van der Waals surface area contributed by atoms with Gasteiger partial charge >= 0.3 is 6.09 Å². The van der Waals surface area contributed by atoms with Crippen LogP contribution in [0.1, 0.15) is 39.9 Å². The molecule has 0 radical (unpaired) electrons. The first-order chi connectivity index (χ1) is 14.7. The molecule has 0 bridgehead atoms. The third-order valence-electron chi connectivity index (χ3n) is 5.59. The first kappa shape index (κ1) is 21.0. The van der Waals surface area contributed by atoms with E-state index in [1.807, 2.05) is 39.2 Å². The number of amides is 1. The molecule has 4 rings (SSSR count). The summed E-state index contributed by atoms with van der Waals surface area (Å²) in [6.07, 6.45) is 4.26. The molecule has 3 aromatic rings. The molecule has 3 aromatic heterocycles. The van der Waals surface area contributed by atoms with Crippen molar-refractivity contribution in [3.8, 4) is 17.3 Å². The molecule has 0 aromatic carbocycles. The molecule has 1 saturated heterocycles. The molecule has 4 heterocycles. The number of aryl methyl sites for hydroxylation is 2. The molecule has 1 amide bonds. The van der Waals surface area contributed by atoms with Crippen LogP contribution in [0.5, 0.6) is 5.88 Å². The molecule has 0 spiro atoms. The van der Waals surface area contributed by atoms with Gasteiger partial charge in [-0.15, -0.1) is 0 Å². The summed E-state index contributed by atoms with van der Waals surface area (Å²) >= 11 is 0. The van der Waals surface area contributed by atoms with Gasteiger partial charge in [0.15, 0.2) is 11.2 Å². The minimum atomic E-state index is -0.934. The molecule has 1 N–H and O–H groups in total. The van der Waals surface area contributed by atoms with E-state index in [9.17, 15) is 9.90 Å². The van der Waals surface area contributed by atoms with E-state index in [4.69, 9.17) is 9.72 Å². The average Bonchev–Trinajstić information content (AvgIpc) is 3.30. The number of carbonyl (C=O) groups is 1. The van der Waals surface area contributed by atoms with Crippen LogP contribution in [-0.2, 0) is 6.54 Å². The van der Waals surface area contributed by atoms with Gasteiger partial charge in [0, 0.05) is 31.9 Å². The number of hydrogen-bond acceptors (Lipinski definition) is 7. The van der Waals surface area contributed by atoms with Gasteiger partial charge in [0.1, 0.15) is 24.1 Å². The van der Waals surface area contributed by atoms with Crippen molar-refractivity contribution in [2.45, 2.75) is 59.7 Å². The summed E-state index contributed by atoms with van der Waals surface area (Å²) < 4.78 is 8.28. The lowest BCUT2D eigenvalue weighted by atomic mass is 9.84. The Morgan fingerprint density at radius 1 is 1.23 bits per heavy atom. The number of rotatable bonds is 4. The maximum absolute atomic E-state index is 11.8. The Morgan fingerprint density at radius 2 is 1.94 bits per heavy atom. The summed E-state index contributed by atoms with van der Waals surface area (Å²) in [5.41, 5.74) is 1.69. The fourth-order valence-corrected chi connectivity index (χ4v) is 4.30. The summed E-state index contributed by atoms with van der Waals surface area (Å²) in [4.78, 5) is 35.3. The van der Waals surface area contributed by atoms with Crippen molar-refractivity contribution < 1.29 is 14.6 Å². The lowest BCUT2D eigenvalue weighted by Gasteiger charge is -2.36. The van der Waals surface area contributed by atoms with Crippen molar-refractivity contribution in [3.63, 3.8) is 0 Å². The first-order valence-electron chi connectivity index (χ1n) is 10.4. The zero-order valence-electron chi connectivity index (χ0n) is 18.4. The highest BCUT2D eigenvalue weighted by atomic mass is 16.5. The van der Waals surface area contributed by atoms with Gasteiger partial charge < -0.3 is 19.3 Å². The van der Waals surface area contributed by atoms with Crippen molar-refractivity contribution >= 4 is 17.3 Å². The Kier molecular flexibility index (Phi) is 5.24. The molecule has 2 unspecified atom stereocenters. The predicted octanol–water partition coefficient (Wildman–Crippen LogP) is 3.16. The summed E-state index contributed by atoms with van der Waals surface area (Å²) in [5, 5.41) is 9.64. The summed E-state index contributed by atoms with van der Waals surface area (Å²) in [5.74, 6) is 1.73. The summed E-state index contributed by atoms with van der Waals surface area (Å²) in [6.45, 7) is 11.0. The van der Waals surface area contributed by atoms with E-state index in [1.54, 1.807) is 12.4 Å². The van der Waals surface area contributed by atoms with Gasteiger partial charge in [-0.25, -0.2) is 24.7 Å². The maximum atomic E-state index is 11.8. The predicted molar refractivity (Wildman–Crippen MR) is 114 cm³/mol. The standard InChI is InChI=1S/C21H27N7O3/c1-6-27-17(13-9-22-12(2)23-10-13)26-15-18(27)24-11-25-19(15)31-14-7-8-28(20(29)30)16(14)21(3,4)5/h9-11,14,16H,6-8H2,1-5H3,(H,29,30). The van der Waals surface area contributed by atoms with Gasteiger partial charge in [-0.1, -0.05) is 20.8 Å². The van der Waals surface area contributed by atoms with E-state index in [0.29, 0.717) is 48.2 Å². The van der Waals surface area contributed by atoms with Crippen LogP contribution in [0.3, 0.4) is 0 Å². The van der Waals surface area contributed by atoms with E-state index < -0.39 is 6.09 Å². The molecular weight excluding hydrogens is 398 g/mol. The molecule has 1 aliphatic heterocycles. The molecule has 1 fully saturated rings. The normalized spacial score (nSPS) is 19.2. The third-order valence-corrected chi connectivity index (χ3v) is 5.59.